The lowest BCUT2D eigenvalue weighted by Crippen LogP contribution is -2.23. The van der Waals surface area contributed by atoms with E-state index in [1.165, 1.54) is 23.5 Å². The number of nitrogens with zero attached hydrogens (tertiary/aromatic N) is 2. The lowest BCUT2D eigenvalue weighted by molar-refractivity contribution is -0.112. The maximum Gasteiger partial charge on any atom is 0.410 e. The molecule has 0 fully saturated rings. The van der Waals surface area contributed by atoms with Crippen molar-refractivity contribution in [2.75, 3.05) is 7.11 Å². The molecule has 0 bridgehead atoms. The van der Waals surface area contributed by atoms with Crippen LogP contribution in [-0.2, 0) is 4.79 Å². The lowest BCUT2D eigenvalue weighted by atomic mass is 10.1. The summed E-state index contributed by atoms with van der Waals surface area (Å²) >= 11 is 1.18. The molecule has 0 atom stereocenters. The van der Waals surface area contributed by atoms with Gasteiger partial charge in [0.05, 0.1) is 12.0 Å². The van der Waals surface area contributed by atoms with Gasteiger partial charge in [-0.3, -0.25) is 9.59 Å². The highest BCUT2D eigenvalue weighted by molar-refractivity contribution is 7.13. The zero-order valence-electron chi connectivity index (χ0n) is 11.7. The number of ether oxygens (including phenoxy) is 1. The summed E-state index contributed by atoms with van der Waals surface area (Å²) in [5.41, 5.74) is 9.18. The second-order valence-corrected chi connectivity index (χ2v) is 5.17. The number of methoxy groups -OCH3 is 1. The largest absolute Gasteiger partial charge is 0.497 e. The van der Waals surface area contributed by atoms with Gasteiger partial charge in [-0.25, -0.2) is 0 Å². The van der Waals surface area contributed by atoms with E-state index in [-0.39, 0.29) is 0 Å². The number of allylic oxidation sites excluding steroid dienone is 1. The fourth-order valence-electron chi connectivity index (χ4n) is 1.70. The van der Waals surface area contributed by atoms with E-state index >= 15 is 0 Å². The van der Waals surface area contributed by atoms with Gasteiger partial charge in [0, 0.05) is 0 Å². The number of thiophene rings is 1. The second kappa shape index (κ2) is 7.26. The number of Topliss-reactive ketones (excluding diaryl/α,β-unsaturated/α-hetero) is 1. The van der Waals surface area contributed by atoms with Crippen molar-refractivity contribution in [1.82, 2.24) is 0 Å². The van der Waals surface area contributed by atoms with Gasteiger partial charge in [-0.2, -0.15) is 4.79 Å². The average molecular weight is 312 g/mol. The van der Waals surface area contributed by atoms with E-state index in [1.807, 2.05) is 0 Å². The highest BCUT2D eigenvalue weighted by Crippen LogP contribution is 2.13. The predicted molar refractivity (Wildman–Crippen MR) is 84.3 cm³/mol. The zero-order chi connectivity index (χ0) is 15.9. The normalized spacial score (nSPS) is 10.2. The predicted octanol–water partition coefficient (Wildman–Crippen LogP) is 2.89. The molecule has 0 N–H and O–H groups in total. The highest BCUT2D eigenvalue weighted by Gasteiger charge is 2.29. The van der Waals surface area contributed by atoms with Crippen molar-refractivity contribution < 1.29 is 19.1 Å². The van der Waals surface area contributed by atoms with Crippen LogP contribution in [0.1, 0.15) is 15.2 Å². The van der Waals surface area contributed by atoms with Crippen LogP contribution in [-0.4, -0.2) is 29.2 Å². The zero-order valence-corrected chi connectivity index (χ0v) is 12.5. The van der Waals surface area contributed by atoms with Gasteiger partial charge < -0.3 is 10.3 Å². The summed E-state index contributed by atoms with van der Waals surface area (Å²) in [5, 5.41) is 1.71. The van der Waals surface area contributed by atoms with E-state index in [2.05, 4.69) is 4.79 Å². The third-order valence-corrected chi connectivity index (χ3v) is 3.71. The fraction of sp³-hybridized carbons (Fsp3) is 0.0625. The summed E-state index contributed by atoms with van der Waals surface area (Å²) in [6.45, 7) is 0. The molecule has 0 saturated heterocycles. The Balaban J connectivity index is 2.14. The van der Waals surface area contributed by atoms with Crippen molar-refractivity contribution in [3.05, 3.63) is 63.8 Å². The number of rotatable bonds is 6. The quantitative estimate of drug-likeness (QED) is 0.205. The molecule has 0 aliphatic carbocycles. The van der Waals surface area contributed by atoms with Gasteiger partial charge in [-0.1, -0.05) is 24.3 Å². The van der Waals surface area contributed by atoms with Gasteiger partial charge in [0.1, 0.15) is 5.75 Å². The van der Waals surface area contributed by atoms with Crippen molar-refractivity contribution in [3.8, 4) is 5.75 Å². The van der Waals surface area contributed by atoms with Crippen molar-refractivity contribution in [2.45, 2.75) is 0 Å². The highest BCUT2D eigenvalue weighted by atomic mass is 32.1. The van der Waals surface area contributed by atoms with Gasteiger partial charge in [0.25, 0.3) is 11.6 Å². The van der Waals surface area contributed by atoms with Gasteiger partial charge in [-0.15, -0.1) is 11.3 Å². The monoisotopic (exact) mass is 312 g/mol. The molecule has 2 aromatic rings. The molecule has 2 rings (SSSR count). The first-order valence-corrected chi connectivity index (χ1v) is 7.20. The van der Waals surface area contributed by atoms with Crippen LogP contribution in [0.25, 0.3) is 11.6 Å². The van der Waals surface area contributed by atoms with E-state index in [0.29, 0.717) is 10.6 Å². The summed E-state index contributed by atoms with van der Waals surface area (Å²) in [6, 6.07) is 10.3. The van der Waals surface area contributed by atoms with Crippen molar-refractivity contribution in [1.29, 1.82) is 0 Å². The Bertz CT molecular complexity index is 755. The van der Waals surface area contributed by atoms with Crippen LogP contribution in [0.5, 0.6) is 5.75 Å². The summed E-state index contributed by atoms with van der Waals surface area (Å²) in [4.78, 5) is 27.2. The topological polar surface area (TPSA) is 79.8 Å². The molecule has 110 valence electrons. The van der Waals surface area contributed by atoms with Crippen molar-refractivity contribution in [3.63, 3.8) is 0 Å². The van der Waals surface area contributed by atoms with E-state index in [9.17, 15) is 9.59 Å². The minimum absolute atomic E-state index is 0.346. The second-order valence-electron chi connectivity index (χ2n) is 4.23. The van der Waals surface area contributed by atoms with E-state index < -0.39 is 17.3 Å². The Morgan fingerprint density at radius 1 is 1.23 bits per heavy atom. The molecule has 0 spiro atoms. The minimum atomic E-state index is -0.656. The Morgan fingerprint density at radius 3 is 2.50 bits per heavy atom. The molecule has 0 aliphatic heterocycles. The molecular formula is C16H12N2O3S. The number of hydrogen-bond acceptors (Lipinski definition) is 4. The number of benzene rings is 1. The Hall–Kier alpha value is -2.82. The molecule has 0 saturated carbocycles. The van der Waals surface area contributed by atoms with Gasteiger partial charge >= 0.3 is 5.71 Å². The van der Waals surface area contributed by atoms with E-state index in [0.717, 1.165) is 5.56 Å². The first-order chi connectivity index (χ1) is 10.7. The minimum Gasteiger partial charge on any atom is -0.497 e. The molecule has 6 heteroatoms. The van der Waals surface area contributed by atoms with Crippen LogP contribution < -0.4 is 4.74 Å². The number of ketones is 2. The third-order valence-electron chi connectivity index (χ3n) is 2.84. The maximum absolute atomic E-state index is 12.0. The maximum atomic E-state index is 12.0. The molecule has 0 unspecified atom stereocenters. The molecule has 0 amide bonds. The van der Waals surface area contributed by atoms with Crippen LogP contribution in [0.15, 0.2) is 47.9 Å². The van der Waals surface area contributed by atoms with Crippen LogP contribution in [0.3, 0.4) is 0 Å². The molecule has 22 heavy (non-hydrogen) atoms. The summed E-state index contributed by atoms with van der Waals surface area (Å²) in [6.07, 6.45) is 2.73. The number of hydrogen-bond donors (Lipinski definition) is 0. The number of carbonyl (C=O) groups excluding carboxylic acids is 2. The smallest absolute Gasteiger partial charge is 0.410 e. The number of carbonyl (C=O) groups is 2. The Kier molecular flexibility index (Phi) is 5.14. The Morgan fingerprint density at radius 2 is 1.95 bits per heavy atom. The first kappa shape index (κ1) is 15.6. The molecule has 1 aromatic carbocycles. The fourth-order valence-corrected chi connectivity index (χ4v) is 2.36. The van der Waals surface area contributed by atoms with E-state index in [4.69, 9.17) is 10.3 Å². The van der Waals surface area contributed by atoms with Gasteiger partial charge in [0.15, 0.2) is 0 Å². The molecule has 1 aromatic heterocycles. The standard InChI is InChI=1S/C16H12N2O3S/c1-21-12-7-4-11(5-8-12)6-9-13(19)15(18-17)16(20)14-3-2-10-22-14/h2-10H,1H3/b9-6+. The van der Waals surface area contributed by atoms with Gasteiger partial charge in [-0.05, 0) is 35.2 Å². The van der Waals surface area contributed by atoms with Gasteiger partial charge in [0.2, 0.25) is 0 Å². The molecule has 1 heterocycles. The molecule has 0 aliphatic rings. The van der Waals surface area contributed by atoms with E-state index in [1.54, 1.807) is 48.9 Å². The van der Waals surface area contributed by atoms with Crippen molar-refractivity contribution >= 4 is 34.7 Å². The molecular weight excluding hydrogens is 300 g/mol. The van der Waals surface area contributed by atoms with Crippen LogP contribution in [0, 0.1) is 0 Å². The summed E-state index contributed by atoms with van der Waals surface area (Å²) < 4.78 is 5.04. The first-order valence-electron chi connectivity index (χ1n) is 6.32. The average Bonchev–Trinajstić information content (AvgIpc) is 3.08. The lowest BCUT2D eigenvalue weighted by Gasteiger charge is -1.98. The SMILES string of the molecule is COc1ccc(/C=C/C(=O)C(=[N+]=[N-])C(=O)c2cccs2)cc1. The van der Waals surface area contributed by atoms with Crippen molar-refractivity contribution in [2.24, 2.45) is 0 Å². The Labute approximate surface area is 131 Å². The summed E-state index contributed by atoms with van der Waals surface area (Å²) in [5.74, 6) is -0.549. The van der Waals surface area contributed by atoms with Crippen LogP contribution in [0.2, 0.25) is 0 Å². The van der Waals surface area contributed by atoms with Crippen LogP contribution in [0.4, 0.5) is 0 Å². The molecule has 0 radical (unpaired) electrons. The van der Waals surface area contributed by atoms with Crippen LogP contribution >= 0.6 is 11.3 Å². The summed E-state index contributed by atoms with van der Waals surface area (Å²) in [7, 11) is 1.56. The third kappa shape index (κ3) is 3.63. The molecule has 5 nitrogen and oxygen atoms in total.